The van der Waals surface area contributed by atoms with E-state index in [0.717, 1.165) is 11.1 Å². The minimum Gasteiger partial charge on any atom is -0.454 e. The number of methoxy groups -OCH3 is 3. The first-order valence-electron chi connectivity index (χ1n) is 9.46. The molecule has 164 valence electrons. The topological polar surface area (TPSA) is 103 Å². The van der Waals surface area contributed by atoms with Crippen molar-refractivity contribution in [1.82, 2.24) is 5.32 Å². The number of fused-ring (bicyclic) bond motifs is 4. The minimum absolute atomic E-state index is 0.0160. The molecule has 10 nitrogen and oxygen atoms in total. The van der Waals surface area contributed by atoms with Crippen LogP contribution in [0.4, 0.5) is 0 Å². The highest BCUT2D eigenvalue weighted by atomic mass is 16.7. The Bertz CT molecular complexity index is 812. The van der Waals surface area contributed by atoms with Crippen molar-refractivity contribution in [2.75, 3.05) is 48.5 Å². The average Bonchev–Trinajstić information content (AvgIpc) is 3.22. The van der Waals surface area contributed by atoms with Crippen LogP contribution < -0.4 is 14.8 Å². The maximum Gasteiger partial charge on any atom is 0.252 e. The molecule has 2 aliphatic heterocycles. The molecule has 0 saturated carbocycles. The second-order valence-electron chi connectivity index (χ2n) is 6.94. The van der Waals surface area contributed by atoms with Crippen molar-refractivity contribution in [3.63, 3.8) is 0 Å². The van der Waals surface area contributed by atoms with Gasteiger partial charge in [0.25, 0.3) is 5.91 Å². The van der Waals surface area contributed by atoms with Crippen molar-refractivity contribution >= 4 is 11.5 Å². The molecule has 0 saturated heterocycles. The Morgan fingerprint density at radius 3 is 2.17 bits per heavy atom. The zero-order chi connectivity index (χ0) is 21.1. The van der Waals surface area contributed by atoms with Gasteiger partial charge in [-0.2, -0.15) is 0 Å². The highest BCUT2D eigenvalue weighted by Gasteiger charge is 2.47. The van der Waals surface area contributed by atoms with E-state index >= 15 is 0 Å². The molecule has 1 amide bonds. The Morgan fingerprint density at radius 2 is 1.50 bits per heavy atom. The zero-order valence-electron chi connectivity index (χ0n) is 17.0. The van der Waals surface area contributed by atoms with Crippen LogP contribution >= 0.6 is 0 Å². The molecule has 1 aromatic carbocycles. The van der Waals surface area contributed by atoms with Crippen LogP contribution in [0.5, 0.6) is 11.5 Å². The molecular weight excluding hydrogens is 398 g/mol. The third kappa shape index (κ3) is 3.89. The Labute approximate surface area is 173 Å². The van der Waals surface area contributed by atoms with Gasteiger partial charge in [0.1, 0.15) is 38.7 Å². The fraction of sp³-hybridized carbons (Fsp3) is 0.550. The maximum absolute atomic E-state index is 12.9. The minimum atomic E-state index is -0.593. The Hall–Kier alpha value is -2.21. The predicted molar refractivity (Wildman–Crippen MR) is 102 cm³/mol. The molecule has 0 radical (unpaired) electrons. The lowest BCUT2D eigenvalue weighted by Gasteiger charge is -2.43. The van der Waals surface area contributed by atoms with Crippen molar-refractivity contribution in [1.29, 1.82) is 0 Å². The lowest BCUT2D eigenvalue weighted by molar-refractivity contribution is -0.202. The summed E-state index contributed by atoms with van der Waals surface area (Å²) >= 11 is 0. The summed E-state index contributed by atoms with van der Waals surface area (Å²) in [4.78, 5) is 12.9. The van der Waals surface area contributed by atoms with Crippen LogP contribution in [0.2, 0.25) is 0 Å². The first kappa shape index (κ1) is 21.0. The van der Waals surface area contributed by atoms with Gasteiger partial charge in [-0.05, 0) is 29.3 Å². The fourth-order valence-corrected chi connectivity index (χ4v) is 3.90. The molecule has 0 bridgehead atoms. The standard InChI is InChI=1S/C20H25NO9/c1-23-7-26-16-5-12-11-4-14-15(28-10-27-14)6-13(11)20(22)21-17(12)19(30-9-25-3)18(16)29-8-24-2/h4-6,16-19H,7-10H2,1-3H3,(H,21,22)/t16-,17+,18+,19-/m1/s1. The monoisotopic (exact) mass is 423 g/mol. The Morgan fingerprint density at radius 1 is 0.900 bits per heavy atom. The Balaban J connectivity index is 1.77. The quantitative estimate of drug-likeness (QED) is 0.580. The van der Waals surface area contributed by atoms with E-state index in [1.54, 1.807) is 13.2 Å². The van der Waals surface area contributed by atoms with Gasteiger partial charge in [0.15, 0.2) is 11.5 Å². The molecule has 0 aromatic heterocycles. The predicted octanol–water partition coefficient (Wildman–Crippen LogP) is 0.892. The van der Waals surface area contributed by atoms with Gasteiger partial charge >= 0.3 is 0 Å². The van der Waals surface area contributed by atoms with Crippen LogP contribution in [-0.2, 0) is 28.4 Å². The molecule has 3 aliphatic rings. The number of carbonyl (C=O) groups is 1. The number of ether oxygens (including phenoxy) is 8. The normalized spacial score (nSPS) is 26.6. The summed E-state index contributed by atoms with van der Waals surface area (Å²) in [6.07, 6.45) is 0.239. The summed E-state index contributed by atoms with van der Waals surface area (Å²) in [6, 6.07) is 3.02. The van der Waals surface area contributed by atoms with Gasteiger partial charge in [-0.15, -0.1) is 0 Å². The molecule has 0 fully saturated rings. The lowest BCUT2D eigenvalue weighted by Crippen LogP contribution is -2.59. The second-order valence-corrected chi connectivity index (χ2v) is 6.94. The molecule has 0 spiro atoms. The molecule has 2 heterocycles. The van der Waals surface area contributed by atoms with Gasteiger partial charge in [-0.3, -0.25) is 4.79 Å². The van der Waals surface area contributed by atoms with E-state index in [1.807, 2.05) is 12.1 Å². The van der Waals surface area contributed by atoms with Crippen molar-refractivity contribution in [2.24, 2.45) is 0 Å². The number of hydrogen-bond acceptors (Lipinski definition) is 9. The van der Waals surface area contributed by atoms with Gasteiger partial charge < -0.3 is 43.2 Å². The molecule has 10 heteroatoms. The molecule has 1 aromatic rings. The van der Waals surface area contributed by atoms with Gasteiger partial charge in [0.2, 0.25) is 6.79 Å². The zero-order valence-corrected chi connectivity index (χ0v) is 17.0. The van der Waals surface area contributed by atoms with E-state index in [2.05, 4.69) is 5.32 Å². The molecule has 0 unspecified atom stereocenters. The van der Waals surface area contributed by atoms with E-state index < -0.39 is 24.4 Å². The number of rotatable bonds is 9. The van der Waals surface area contributed by atoms with Gasteiger partial charge in [0, 0.05) is 21.3 Å². The van der Waals surface area contributed by atoms with Crippen LogP contribution in [0.15, 0.2) is 18.2 Å². The highest BCUT2D eigenvalue weighted by molar-refractivity contribution is 6.05. The third-order valence-electron chi connectivity index (χ3n) is 5.15. The van der Waals surface area contributed by atoms with Crippen LogP contribution in [0.1, 0.15) is 15.9 Å². The number of hydrogen-bond donors (Lipinski definition) is 1. The summed E-state index contributed by atoms with van der Waals surface area (Å²) in [5.41, 5.74) is 2.06. The van der Waals surface area contributed by atoms with E-state index in [0.29, 0.717) is 17.1 Å². The second kappa shape index (κ2) is 9.29. The first-order valence-corrected chi connectivity index (χ1v) is 9.46. The molecular formula is C20H25NO9. The van der Waals surface area contributed by atoms with E-state index in [-0.39, 0.29) is 33.1 Å². The first-order chi connectivity index (χ1) is 14.7. The molecule has 4 atom stereocenters. The van der Waals surface area contributed by atoms with E-state index in [9.17, 15) is 4.79 Å². The maximum atomic E-state index is 12.9. The number of amides is 1. The van der Waals surface area contributed by atoms with Crippen molar-refractivity contribution in [3.05, 3.63) is 29.3 Å². The third-order valence-corrected chi connectivity index (χ3v) is 5.15. The van der Waals surface area contributed by atoms with Gasteiger partial charge in [-0.1, -0.05) is 0 Å². The average molecular weight is 423 g/mol. The summed E-state index contributed by atoms with van der Waals surface area (Å²) in [5, 5.41) is 3.02. The van der Waals surface area contributed by atoms with Crippen molar-refractivity contribution in [2.45, 2.75) is 24.4 Å². The van der Waals surface area contributed by atoms with Crippen molar-refractivity contribution < 1.29 is 42.7 Å². The SMILES string of the molecule is COCO[C@@H]1[C@H](OCOC)[C@H]2NC(=O)c3cc4c(cc3C2=C[C@H]1OCOC)OCO4. The lowest BCUT2D eigenvalue weighted by atomic mass is 9.79. The van der Waals surface area contributed by atoms with Gasteiger partial charge in [0.05, 0.1) is 11.6 Å². The molecule has 1 aliphatic carbocycles. The van der Waals surface area contributed by atoms with Crippen LogP contribution in [0.25, 0.3) is 5.57 Å². The summed E-state index contributed by atoms with van der Waals surface area (Å²) < 4.78 is 43.9. The van der Waals surface area contributed by atoms with Crippen LogP contribution in [0, 0.1) is 0 Å². The molecule has 4 rings (SSSR count). The summed E-state index contributed by atoms with van der Waals surface area (Å²) in [7, 11) is 4.60. The molecule has 1 N–H and O–H groups in total. The van der Waals surface area contributed by atoms with Crippen LogP contribution in [0.3, 0.4) is 0 Å². The number of nitrogens with one attached hydrogen (secondary N) is 1. The highest BCUT2D eigenvalue weighted by Crippen LogP contribution is 2.42. The number of carbonyl (C=O) groups excluding carboxylic acids is 1. The largest absolute Gasteiger partial charge is 0.454 e. The van der Waals surface area contributed by atoms with Gasteiger partial charge in [-0.25, -0.2) is 0 Å². The molecule has 30 heavy (non-hydrogen) atoms. The summed E-state index contributed by atoms with van der Waals surface area (Å²) in [5.74, 6) is 0.891. The Kier molecular flexibility index (Phi) is 6.52. The smallest absolute Gasteiger partial charge is 0.252 e. The van der Waals surface area contributed by atoms with Crippen LogP contribution in [-0.4, -0.2) is 78.8 Å². The number of benzene rings is 1. The van der Waals surface area contributed by atoms with Crippen molar-refractivity contribution in [3.8, 4) is 11.5 Å². The summed E-state index contributed by atoms with van der Waals surface area (Å²) in [6.45, 7) is 0.226. The van der Waals surface area contributed by atoms with E-state index in [4.69, 9.17) is 37.9 Å². The van der Waals surface area contributed by atoms with E-state index in [1.165, 1.54) is 14.2 Å². The fourth-order valence-electron chi connectivity index (χ4n) is 3.90.